The number of carbonyl (C=O) groups is 1. The quantitative estimate of drug-likeness (QED) is 0.787. The van der Waals surface area contributed by atoms with Gasteiger partial charge >= 0.3 is 6.03 Å². The summed E-state index contributed by atoms with van der Waals surface area (Å²) in [5, 5.41) is 15.7. The maximum Gasteiger partial charge on any atom is 0.319 e. The fourth-order valence-electron chi connectivity index (χ4n) is 2.44. The maximum atomic E-state index is 12.1. The van der Waals surface area contributed by atoms with Gasteiger partial charge in [-0.3, -0.25) is 4.79 Å². The zero-order valence-corrected chi connectivity index (χ0v) is 14.1. The number of carbonyl (C=O) groups excluding carboxylic acids is 1. The Morgan fingerprint density at radius 3 is 2.62 bits per heavy atom. The van der Waals surface area contributed by atoms with E-state index in [-0.39, 0.29) is 17.6 Å². The molecule has 128 valence electrons. The fourth-order valence-corrected chi connectivity index (χ4v) is 2.44. The number of pyridine rings is 1. The Morgan fingerprint density at radius 1 is 1.29 bits per heavy atom. The van der Waals surface area contributed by atoms with Gasteiger partial charge in [-0.15, -0.1) is 0 Å². The number of aliphatic hydroxyl groups is 1. The van der Waals surface area contributed by atoms with Crippen LogP contribution in [-0.4, -0.2) is 21.7 Å². The molecule has 0 spiro atoms. The molecule has 0 aliphatic carbocycles. The predicted octanol–water partition coefficient (Wildman–Crippen LogP) is 2.33. The third-order valence-corrected chi connectivity index (χ3v) is 3.82. The zero-order chi connectivity index (χ0) is 17.7. The first-order valence-corrected chi connectivity index (χ1v) is 7.84. The van der Waals surface area contributed by atoms with E-state index in [1.54, 1.807) is 20.2 Å². The molecule has 0 aliphatic rings. The summed E-state index contributed by atoms with van der Waals surface area (Å²) < 4.78 is 1.41. The van der Waals surface area contributed by atoms with E-state index in [2.05, 4.69) is 10.6 Å². The number of aromatic nitrogens is 1. The second kappa shape index (κ2) is 7.79. The van der Waals surface area contributed by atoms with Crippen LogP contribution in [0.5, 0.6) is 0 Å². The highest BCUT2D eigenvalue weighted by Crippen LogP contribution is 2.18. The number of aryl methyl sites for hydroxylation is 2. The van der Waals surface area contributed by atoms with Crippen LogP contribution in [0, 0.1) is 6.92 Å². The molecule has 2 atom stereocenters. The van der Waals surface area contributed by atoms with Crippen molar-refractivity contribution < 1.29 is 9.90 Å². The number of hydrogen-bond acceptors (Lipinski definition) is 3. The minimum atomic E-state index is -0.638. The van der Waals surface area contributed by atoms with Crippen molar-refractivity contribution in [2.45, 2.75) is 32.4 Å². The van der Waals surface area contributed by atoms with Crippen molar-refractivity contribution in [2.24, 2.45) is 7.05 Å². The van der Waals surface area contributed by atoms with E-state index in [0.717, 1.165) is 5.56 Å². The number of aliphatic hydroxyl groups excluding tert-OH is 1. The number of nitrogens with one attached hydrogen (secondary N) is 2. The van der Waals surface area contributed by atoms with Gasteiger partial charge in [0, 0.05) is 25.4 Å². The molecule has 2 aromatic rings. The molecule has 24 heavy (non-hydrogen) atoms. The van der Waals surface area contributed by atoms with Crippen LogP contribution in [0.1, 0.15) is 30.6 Å². The lowest BCUT2D eigenvalue weighted by atomic mass is 10.0. The van der Waals surface area contributed by atoms with E-state index in [9.17, 15) is 14.7 Å². The minimum Gasteiger partial charge on any atom is -0.388 e. The molecule has 0 radical (unpaired) electrons. The summed E-state index contributed by atoms with van der Waals surface area (Å²) in [4.78, 5) is 23.6. The number of anilines is 1. The molecule has 6 nitrogen and oxygen atoms in total. The van der Waals surface area contributed by atoms with Crippen LogP contribution < -0.4 is 16.2 Å². The molecule has 0 saturated heterocycles. The van der Waals surface area contributed by atoms with Gasteiger partial charge in [0.15, 0.2) is 0 Å². The number of urea groups is 1. The van der Waals surface area contributed by atoms with Crippen molar-refractivity contribution in [2.75, 3.05) is 5.32 Å². The van der Waals surface area contributed by atoms with E-state index >= 15 is 0 Å². The van der Waals surface area contributed by atoms with Crippen molar-refractivity contribution in [3.63, 3.8) is 0 Å². The Bertz CT molecular complexity index is 756. The highest BCUT2D eigenvalue weighted by molar-refractivity contribution is 5.90. The normalized spacial score (nSPS) is 13.2. The number of amides is 2. The predicted molar refractivity (Wildman–Crippen MR) is 94.1 cm³/mol. The average Bonchev–Trinajstić information content (AvgIpc) is 2.53. The van der Waals surface area contributed by atoms with Gasteiger partial charge in [-0.25, -0.2) is 4.79 Å². The molecule has 1 heterocycles. The first-order chi connectivity index (χ1) is 11.4. The van der Waals surface area contributed by atoms with Gasteiger partial charge < -0.3 is 20.3 Å². The van der Waals surface area contributed by atoms with E-state index in [0.29, 0.717) is 17.7 Å². The van der Waals surface area contributed by atoms with Crippen LogP contribution >= 0.6 is 0 Å². The Kier molecular flexibility index (Phi) is 5.76. The zero-order valence-electron chi connectivity index (χ0n) is 14.1. The number of hydrogen-bond donors (Lipinski definition) is 3. The fraction of sp³-hybridized carbons (Fsp3) is 0.333. The SMILES string of the molecule is Cc1cc(=O)n(C)cc1NC(=O)NC(C)CC(O)c1ccccc1. The molecule has 1 aromatic carbocycles. The Balaban J connectivity index is 1.92. The average molecular weight is 329 g/mol. The van der Waals surface area contributed by atoms with Crippen molar-refractivity contribution in [3.8, 4) is 0 Å². The first-order valence-electron chi connectivity index (χ1n) is 7.84. The highest BCUT2D eigenvalue weighted by Gasteiger charge is 2.15. The van der Waals surface area contributed by atoms with E-state index in [4.69, 9.17) is 0 Å². The molecular formula is C18H23N3O3. The molecule has 0 saturated carbocycles. The van der Waals surface area contributed by atoms with E-state index in [1.807, 2.05) is 37.3 Å². The summed E-state index contributed by atoms with van der Waals surface area (Å²) in [5.41, 5.74) is 1.97. The Hall–Kier alpha value is -2.60. The number of nitrogens with zero attached hydrogens (tertiary/aromatic N) is 1. The molecule has 0 fully saturated rings. The highest BCUT2D eigenvalue weighted by atomic mass is 16.3. The van der Waals surface area contributed by atoms with Crippen molar-refractivity contribution >= 4 is 11.7 Å². The summed E-state index contributed by atoms with van der Waals surface area (Å²) in [6.07, 6.45) is 1.35. The van der Waals surface area contributed by atoms with Gasteiger partial charge in [0.05, 0.1) is 11.8 Å². The van der Waals surface area contributed by atoms with Crippen LogP contribution in [-0.2, 0) is 7.05 Å². The summed E-state index contributed by atoms with van der Waals surface area (Å²) in [7, 11) is 1.63. The first kappa shape index (κ1) is 17.7. The lowest BCUT2D eigenvalue weighted by molar-refractivity contribution is 0.155. The molecule has 3 N–H and O–H groups in total. The van der Waals surface area contributed by atoms with Crippen molar-refractivity contribution in [1.29, 1.82) is 0 Å². The van der Waals surface area contributed by atoms with Gasteiger partial charge in [0.1, 0.15) is 0 Å². The van der Waals surface area contributed by atoms with Crippen LogP contribution in [0.4, 0.5) is 10.5 Å². The third-order valence-electron chi connectivity index (χ3n) is 3.82. The Labute approximate surface area is 141 Å². The smallest absolute Gasteiger partial charge is 0.319 e. The summed E-state index contributed by atoms with van der Waals surface area (Å²) in [6.45, 7) is 3.60. The summed E-state index contributed by atoms with van der Waals surface area (Å²) in [6, 6.07) is 10.2. The van der Waals surface area contributed by atoms with E-state index < -0.39 is 6.10 Å². The summed E-state index contributed by atoms with van der Waals surface area (Å²) >= 11 is 0. The molecule has 2 unspecified atom stereocenters. The Morgan fingerprint density at radius 2 is 1.96 bits per heavy atom. The molecule has 6 heteroatoms. The van der Waals surface area contributed by atoms with Crippen molar-refractivity contribution in [1.82, 2.24) is 9.88 Å². The van der Waals surface area contributed by atoms with Crippen LogP contribution in [0.25, 0.3) is 0 Å². The van der Waals surface area contributed by atoms with Gasteiger partial charge in [0.2, 0.25) is 0 Å². The standard InChI is InChI=1S/C18H23N3O3/c1-12-9-17(23)21(3)11-15(12)20-18(24)19-13(2)10-16(22)14-7-5-4-6-8-14/h4-9,11,13,16,22H,10H2,1-3H3,(H2,19,20,24). The largest absolute Gasteiger partial charge is 0.388 e. The maximum absolute atomic E-state index is 12.1. The van der Waals surface area contributed by atoms with Gasteiger partial charge in [-0.1, -0.05) is 30.3 Å². The topological polar surface area (TPSA) is 83.4 Å². The van der Waals surface area contributed by atoms with Gasteiger partial charge in [0.25, 0.3) is 5.56 Å². The van der Waals surface area contributed by atoms with E-state index in [1.165, 1.54) is 10.6 Å². The number of rotatable bonds is 5. The van der Waals surface area contributed by atoms with Crippen LogP contribution in [0.3, 0.4) is 0 Å². The van der Waals surface area contributed by atoms with Crippen LogP contribution in [0.2, 0.25) is 0 Å². The monoisotopic (exact) mass is 329 g/mol. The van der Waals surface area contributed by atoms with Gasteiger partial charge in [-0.2, -0.15) is 0 Å². The molecular weight excluding hydrogens is 306 g/mol. The second-order valence-electron chi connectivity index (χ2n) is 5.98. The lowest BCUT2D eigenvalue weighted by Crippen LogP contribution is -2.37. The lowest BCUT2D eigenvalue weighted by Gasteiger charge is -2.19. The molecule has 2 amide bonds. The molecule has 0 aliphatic heterocycles. The summed E-state index contributed by atoms with van der Waals surface area (Å²) in [5.74, 6) is 0. The van der Waals surface area contributed by atoms with Crippen molar-refractivity contribution in [3.05, 3.63) is 64.1 Å². The third kappa shape index (κ3) is 4.70. The van der Waals surface area contributed by atoms with Crippen LogP contribution in [0.15, 0.2) is 47.4 Å². The molecule has 2 rings (SSSR count). The minimum absolute atomic E-state index is 0.127. The molecule has 1 aromatic heterocycles. The molecule has 0 bridgehead atoms. The van der Waals surface area contributed by atoms with Gasteiger partial charge in [-0.05, 0) is 31.4 Å². The second-order valence-corrected chi connectivity index (χ2v) is 5.98. The number of benzene rings is 1.